The van der Waals surface area contributed by atoms with Gasteiger partial charge in [0, 0.05) is 24.3 Å². The van der Waals surface area contributed by atoms with Crippen molar-refractivity contribution in [3.63, 3.8) is 0 Å². The summed E-state index contributed by atoms with van der Waals surface area (Å²) in [6.07, 6.45) is 3.29. The molecule has 0 aromatic heterocycles. The maximum atomic E-state index is 6.17. The Morgan fingerprint density at radius 3 is 2.78 bits per heavy atom. The highest BCUT2D eigenvalue weighted by Gasteiger charge is 2.20. The minimum absolute atomic E-state index is 0.172. The molecule has 0 bridgehead atoms. The SMILES string of the molecule is Cc1ccc(C(CC2CCOCC2)NN)cc1Cl. The van der Waals surface area contributed by atoms with Gasteiger partial charge in [0.15, 0.2) is 0 Å². The zero-order chi connectivity index (χ0) is 13.0. The summed E-state index contributed by atoms with van der Waals surface area (Å²) < 4.78 is 5.38. The van der Waals surface area contributed by atoms with Gasteiger partial charge in [-0.1, -0.05) is 23.7 Å². The van der Waals surface area contributed by atoms with E-state index in [4.69, 9.17) is 22.2 Å². The molecule has 0 radical (unpaired) electrons. The van der Waals surface area contributed by atoms with Gasteiger partial charge in [0.2, 0.25) is 0 Å². The Labute approximate surface area is 114 Å². The molecule has 1 fully saturated rings. The standard InChI is InChI=1S/C14H21ClN2O/c1-10-2-3-12(9-13(10)15)14(17-16)8-11-4-6-18-7-5-11/h2-3,9,11,14,17H,4-8,16H2,1H3. The molecule has 1 aromatic carbocycles. The van der Waals surface area contributed by atoms with Crippen molar-refractivity contribution in [2.75, 3.05) is 13.2 Å². The molecule has 3 N–H and O–H groups in total. The number of halogens is 1. The van der Waals surface area contributed by atoms with Crippen LogP contribution in [0.3, 0.4) is 0 Å². The fourth-order valence-corrected chi connectivity index (χ4v) is 2.63. The molecule has 3 nitrogen and oxygen atoms in total. The third-order valence-corrected chi connectivity index (χ3v) is 4.12. The number of hydrazine groups is 1. The van der Waals surface area contributed by atoms with Crippen LogP contribution in [0.4, 0.5) is 0 Å². The molecule has 1 heterocycles. The molecule has 2 rings (SSSR count). The molecule has 0 amide bonds. The van der Waals surface area contributed by atoms with Crippen molar-refractivity contribution in [3.05, 3.63) is 34.3 Å². The van der Waals surface area contributed by atoms with Crippen molar-refractivity contribution in [3.8, 4) is 0 Å². The van der Waals surface area contributed by atoms with Crippen LogP contribution in [0.15, 0.2) is 18.2 Å². The first kappa shape index (κ1) is 13.8. The minimum Gasteiger partial charge on any atom is -0.381 e. The van der Waals surface area contributed by atoms with E-state index in [2.05, 4.69) is 11.5 Å². The van der Waals surface area contributed by atoms with E-state index in [1.54, 1.807) is 0 Å². The lowest BCUT2D eigenvalue weighted by Crippen LogP contribution is -2.31. The number of ether oxygens (including phenoxy) is 1. The van der Waals surface area contributed by atoms with Crippen LogP contribution in [0.1, 0.15) is 36.4 Å². The predicted molar refractivity (Wildman–Crippen MR) is 74.4 cm³/mol. The molecule has 1 atom stereocenters. The Kier molecular flexibility index (Phi) is 5.01. The van der Waals surface area contributed by atoms with Crippen LogP contribution in [0.5, 0.6) is 0 Å². The molecule has 4 heteroatoms. The Bertz CT molecular complexity index is 391. The van der Waals surface area contributed by atoms with Gasteiger partial charge in [-0.2, -0.15) is 0 Å². The van der Waals surface area contributed by atoms with E-state index < -0.39 is 0 Å². The highest BCUT2D eigenvalue weighted by molar-refractivity contribution is 6.31. The Hall–Kier alpha value is -0.610. The van der Waals surface area contributed by atoms with Crippen molar-refractivity contribution >= 4 is 11.6 Å². The minimum atomic E-state index is 0.172. The molecule has 0 aliphatic carbocycles. The average Bonchev–Trinajstić information content (AvgIpc) is 2.40. The molecule has 1 aliphatic heterocycles. The highest BCUT2D eigenvalue weighted by atomic mass is 35.5. The Morgan fingerprint density at radius 2 is 2.17 bits per heavy atom. The average molecular weight is 269 g/mol. The summed E-state index contributed by atoms with van der Waals surface area (Å²) in [5.41, 5.74) is 5.18. The Morgan fingerprint density at radius 1 is 1.44 bits per heavy atom. The zero-order valence-electron chi connectivity index (χ0n) is 10.8. The summed E-state index contributed by atoms with van der Waals surface area (Å²) in [5.74, 6) is 6.37. The first-order valence-corrected chi connectivity index (χ1v) is 6.88. The van der Waals surface area contributed by atoms with Gasteiger partial charge in [0.25, 0.3) is 0 Å². The summed E-state index contributed by atoms with van der Waals surface area (Å²) in [6.45, 7) is 3.75. The van der Waals surface area contributed by atoms with Crippen molar-refractivity contribution in [1.82, 2.24) is 5.43 Å². The number of rotatable bonds is 4. The number of nitrogens with one attached hydrogen (secondary N) is 1. The van der Waals surface area contributed by atoms with Crippen LogP contribution < -0.4 is 11.3 Å². The van der Waals surface area contributed by atoms with E-state index in [1.165, 1.54) is 5.56 Å². The van der Waals surface area contributed by atoms with Gasteiger partial charge in [-0.15, -0.1) is 0 Å². The first-order valence-electron chi connectivity index (χ1n) is 6.50. The van der Waals surface area contributed by atoms with Crippen LogP contribution in [-0.2, 0) is 4.74 Å². The Balaban J connectivity index is 2.04. The van der Waals surface area contributed by atoms with E-state index in [0.717, 1.165) is 43.1 Å². The molecule has 1 unspecified atom stereocenters. The fraction of sp³-hybridized carbons (Fsp3) is 0.571. The maximum absolute atomic E-state index is 6.17. The van der Waals surface area contributed by atoms with E-state index in [-0.39, 0.29) is 6.04 Å². The third kappa shape index (κ3) is 3.45. The summed E-state index contributed by atoms with van der Waals surface area (Å²) in [4.78, 5) is 0. The quantitative estimate of drug-likeness (QED) is 0.652. The topological polar surface area (TPSA) is 47.3 Å². The van der Waals surface area contributed by atoms with Gasteiger partial charge in [-0.25, -0.2) is 0 Å². The lowest BCUT2D eigenvalue weighted by molar-refractivity contribution is 0.0605. The van der Waals surface area contributed by atoms with Crippen molar-refractivity contribution in [2.24, 2.45) is 11.8 Å². The van der Waals surface area contributed by atoms with E-state index in [0.29, 0.717) is 5.92 Å². The van der Waals surface area contributed by atoms with E-state index >= 15 is 0 Å². The number of aryl methyl sites for hydroxylation is 1. The molecule has 1 aliphatic rings. The second-order valence-corrected chi connectivity index (χ2v) is 5.43. The van der Waals surface area contributed by atoms with Gasteiger partial charge in [0.05, 0.1) is 0 Å². The molecule has 0 saturated carbocycles. The van der Waals surface area contributed by atoms with Crippen LogP contribution in [0.25, 0.3) is 0 Å². The zero-order valence-corrected chi connectivity index (χ0v) is 11.5. The summed E-state index contributed by atoms with van der Waals surface area (Å²) in [6, 6.07) is 6.34. The molecule has 1 saturated heterocycles. The van der Waals surface area contributed by atoms with Crippen molar-refractivity contribution < 1.29 is 4.74 Å². The molecular weight excluding hydrogens is 248 g/mol. The summed E-state index contributed by atoms with van der Waals surface area (Å²) in [5, 5.41) is 0.805. The number of hydrogen-bond donors (Lipinski definition) is 2. The number of hydrogen-bond acceptors (Lipinski definition) is 3. The summed E-state index contributed by atoms with van der Waals surface area (Å²) in [7, 11) is 0. The second kappa shape index (κ2) is 6.53. The van der Waals surface area contributed by atoms with Gasteiger partial charge < -0.3 is 4.74 Å². The lowest BCUT2D eigenvalue weighted by atomic mass is 9.89. The smallest absolute Gasteiger partial charge is 0.0468 e. The van der Waals surface area contributed by atoms with E-state index in [1.807, 2.05) is 19.1 Å². The number of benzene rings is 1. The van der Waals surface area contributed by atoms with Crippen LogP contribution in [0, 0.1) is 12.8 Å². The highest BCUT2D eigenvalue weighted by Crippen LogP contribution is 2.29. The molecule has 1 aromatic rings. The lowest BCUT2D eigenvalue weighted by Gasteiger charge is -2.26. The van der Waals surface area contributed by atoms with E-state index in [9.17, 15) is 0 Å². The predicted octanol–water partition coefficient (Wildman–Crippen LogP) is 2.97. The third-order valence-electron chi connectivity index (χ3n) is 3.71. The molecule has 18 heavy (non-hydrogen) atoms. The molecular formula is C14H21ClN2O. The maximum Gasteiger partial charge on any atom is 0.0468 e. The normalized spacial score (nSPS) is 18.8. The van der Waals surface area contributed by atoms with Crippen LogP contribution in [-0.4, -0.2) is 13.2 Å². The number of nitrogens with two attached hydrogens (primary N) is 1. The largest absolute Gasteiger partial charge is 0.381 e. The first-order chi connectivity index (χ1) is 8.70. The second-order valence-electron chi connectivity index (χ2n) is 5.02. The van der Waals surface area contributed by atoms with Gasteiger partial charge >= 0.3 is 0 Å². The monoisotopic (exact) mass is 268 g/mol. The van der Waals surface area contributed by atoms with Gasteiger partial charge in [0.1, 0.15) is 0 Å². The van der Waals surface area contributed by atoms with Crippen LogP contribution >= 0.6 is 11.6 Å². The molecule has 0 spiro atoms. The van der Waals surface area contributed by atoms with Crippen LogP contribution in [0.2, 0.25) is 5.02 Å². The van der Waals surface area contributed by atoms with Crippen molar-refractivity contribution in [2.45, 2.75) is 32.2 Å². The molecule has 100 valence electrons. The summed E-state index contributed by atoms with van der Waals surface area (Å²) >= 11 is 6.17. The van der Waals surface area contributed by atoms with Crippen molar-refractivity contribution in [1.29, 1.82) is 0 Å². The van der Waals surface area contributed by atoms with Gasteiger partial charge in [-0.05, 0) is 49.3 Å². The van der Waals surface area contributed by atoms with Gasteiger partial charge in [-0.3, -0.25) is 11.3 Å². The fourth-order valence-electron chi connectivity index (χ4n) is 2.44.